The fraction of sp³-hybridized carbons (Fsp3) is 0.417. The van der Waals surface area contributed by atoms with Crippen LogP contribution in [-0.2, 0) is 4.79 Å². The Morgan fingerprint density at radius 1 is 1.35 bits per heavy atom. The first-order valence-corrected chi connectivity index (χ1v) is 5.53. The van der Waals surface area contributed by atoms with Gasteiger partial charge in [0, 0.05) is 18.5 Å². The second kappa shape index (κ2) is 6.10. The summed E-state index contributed by atoms with van der Waals surface area (Å²) in [5.74, 6) is -0.244. The first kappa shape index (κ1) is 13.3. The molecule has 1 aromatic rings. The van der Waals surface area contributed by atoms with E-state index in [9.17, 15) is 15.0 Å². The normalized spacial score (nSPS) is 12.3. The molecule has 94 valence electrons. The van der Waals surface area contributed by atoms with Gasteiger partial charge in [-0.25, -0.2) is 0 Å². The molecule has 5 heteroatoms. The van der Waals surface area contributed by atoms with Gasteiger partial charge in [0.1, 0.15) is 11.5 Å². The second-order valence-corrected chi connectivity index (χ2v) is 4.03. The zero-order chi connectivity index (χ0) is 12.8. The number of hydrogen-bond donors (Lipinski definition) is 4. The molecule has 0 aliphatic carbocycles. The van der Waals surface area contributed by atoms with Crippen molar-refractivity contribution in [1.29, 1.82) is 0 Å². The number of amides is 1. The van der Waals surface area contributed by atoms with Gasteiger partial charge in [-0.3, -0.25) is 4.79 Å². The molecule has 0 saturated carbocycles. The predicted octanol–water partition coefficient (Wildman–Crippen LogP) is 1.01. The summed E-state index contributed by atoms with van der Waals surface area (Å²) in [6.45, 7) is 2.57. The number of carbonyl (C=O) groups excluding carboxylic acids is 1. The summed E-state index contributed by atoms with van der Waals surface area (Å²) in [5.41, 5.74) is 5.82. The van der Waals surface area contributed by atoms with Crippen molar-refractivity contribution in [3.05, 3.63) is 23.8 Å². The number of primary amides is 1. The molecule has 17 heavy (non-hydrogen) atoms. The summed E-state index contributed by atoms with van der Waals surface area (Å²) < 4.78 is 0. The molecule has 0 saturated heterocycles. The van der Waals surface area contributed by atoms with Crippen molar-refractivity contribution in [3.63, 3.8) is 0 Å². The molecule has 0 heterocycles. The predicted molar refractivity (Wildman–Crippen MR) is 64.6 cm³/mol. The number of phenols is 2. The SMILES string of the molecule is CC(NCCCC(N)=O)c1cc(O)cc(O)c1. The quantitative estimate of drug-likeness (QED) is 0.556. The van der Waals surface area contributed by atoms with Gasteiger partial charge in [0.15, 0.2) is 0 Å². The molecule has 1 aromatic carbocycles. The van der Waals surface area contributed by atoms with Gasteiger partial charge in [0.05, 0.1) is 0 Å². The Morgan fingerprint density at radius 3 is 2.47 bits per heavy atom. The fourth-order valence-electron chi connectivity index (χ4n) is 1.57. The van der Waals surface area contributed by atoms with Gasteiger partial charge in [0.25, 0.3) is 0 Å². The van der Waals surface area contributed by atoms with Crippen molar-refractivity contribution in [2.45, 2.75) is 25.8 Å². The van der Waals surface area contributed by atoms with Crippen LogP contribution in [0.4, 0.5) is 0 Å². The topological polar surface area (TPSA) is 95.6 Å². The lowest BCUT2D eigenvalue weighted by molar-refractivity contribution is -0.118. The third kappa shape index (κ3) is 4.74. The van der Waals surface area contributed by atoms with Gasteiger partial charge in [-0.15, -0.1) is 0 Å². The van der Waals surface area contributed by atoms with E-state index in [2.05, 4.69) is 5.32 Å². The molecule has 5 nitrogen and oxygen atoms in total. The minimum atomic E-state index is -0.311. The van der Waals surface area contributed by atoms with Crippen LogP contribution in [0.1, 0.15) is 31.4 Å². The Balaban J connectivity index is 2.46. The van der Waals surface area contributed by atoms with E-state index in [0.717, 1.165) is 5.56 Å². The standard InChI is InChI=1S/C12H18N2O3/c1-8(14-4-2-3-12(13)17)9-5-10(15)7-11(16)6-9/h5-8,14-16H,2-4H2,1H3,(H2,13,17). The molecule has 0 radical (unpaired) electrons. The highest BCUT2D eigenvalue weighted by atomic mass is 16.3. The van der Waals surface area contributed by atoms with Crippen LogP contribution in [0.3, 0.4) is 0 Å². The van der Waals surface area contributed by atoms with Crippen molar-refractivity contribution < 1.29 is 15.0 Å². The highest BCUT2D eigenvalue weighted by molar-refractivity contribution is 5.73. The smallest absolute Gasteiger partial charge is 0.217 e. The number of nitrogens with two attached hydrogens (primary N) is 1. The zero-order valence-electron chi connectivity index (χ0n) is 9.81. The third-order valence-electron chi connectivity index (χ3n) is 2.48. The van der Waals surface area contributed by atoms with Gasteiger partial charge in [-0.2, -0.15) is 0 Å². The third-order valence-corrected chi connectivity index (χ3v) is 2.48. The van der Waals surface area contributed by atoms with E-state index in [4.69, 9.17) is 5.73 Å². The molecule has 0 aromatic heterocycles. The number of rotatable bonds is 6. The summed E-state index contributed by atoms with van der Waals surface area (Å²) in [6, 6.07) is 4.45. The minimum absolute atomic E-state index is 0.0131. The number of hydrogen-bond acceptors (Lipinski definition) is 4. The van der Waals surface area contributed by atoms with Gasteiger partial charge < -0.3 is 21.3 Å². The number of aromatic hydroxyl groups is 2. The maximum Gasteiger partial charge on any atom is 0.217 e. The van der Waals surface area contributed by atoms with Crippen LogP contribution in [0.2, 0.25) is 0 Å². The lowest BCUT2D eigenvalue weighted by Crippen LogP contribution is -2.21. The zero-order valence-corrected chi connectivity index (χ0v) is 9.81. The summed E-state index contributed by atoms with van der Waals surface area (Å²) in [6.07, 6.45) is 1.02. The van der Waals surface area contributed by atoms with E-state index in [0.29, 0.717) is 19.4 Å². The van der Waals surface area contributed by atoms with E-state index in [1.54, 1.807) is 12.1 Å². The Labute approximate surface area is 100 Å². The van der Waals surface area contributed by atoms with Gasteiger partial charge >= 0.3 is 0 Å². The lowest BCUT2D eigenvalue weighted by Gasteiger charge is -2.14. The Morgan fingerprint density at radius 2 is 1.94 bits per heavy atom. The van der Waals surface area contributed by atoms with E-state index < -0.39 is 0 Å². The molecular weight excluding hydrogens is 220 g/mol. The van der Waals surface area contributed by atoms with E-state index in [1.807, 2.05) is 6.92 Å². The molecule has 1 amide bonds. The first-order chi connectivity index (χ1) is 7.99. The van der Waals surface area contributed by atoms with Crippen LogP contribution in [0.5, 0.6) is 11.5 Å². The minimum Gasteiger partial charge on any atom is -0.508 e. The van der Waals surface area contributed by atoms with Gasteiger partial charge in [0.2, 0.25) is 5.91 Å². The van der Waals surface area contributed by atoms with Crippen molar-refractivity contribution in [1.82, 2.24) is 5.32 Å². The van der Waals surface area contributed by atoms with E-state index in [-0.39, 0.29) is 23.4 Å². The fourth-order valence-corrected chi connectivity index (χ4v) is 1.57. The second-order valence-electron chi connectivity index (χ2n) is 4.03. The summed E-state index contributed by atoms with van der Waals surface area (Å²) in [4.78, 5) is 10.5. The van der Waals surface area contributed by atoms with Crippen LogP contribution < -0.4 is 11.1 Å². The summed E-state index contributed by atoms with van der Waals surface area (Å²) in [5, 5.41) is 21.9. The number of nitrogens with one attached hydrogen (secondary N) is 1. The van der Waals surface area contributed by atoms with Crippen LogP contribution in [0.25, 0.3) is 0 Å². The Hall–Kier alpha value is -1.75. The number of phenolic OH excluding ortho intramolecular Hbond substituents is 2. The molecule has 0 bridgehead atoms. The highest BCUT2D eigenvalue weighted by Crippen LogP contribution is 2.24. The molecule has 1 rings (SSSR count). The molecule has 0 aliphatic rings. The summed E-state index contributed by atoms with van der Waals surface area (Å²) in [7, 11) is 0. The molecular formula is C12H18N2O3. The molecule has 0 spiro atoms. The maximum absolute atomic E-state index is 10.5. The maximum atomic E-state index is 10.5. The average Bonchev–Trinajstić information content (AvgIpc) is 2.22. The molecule has 0 fully saturated rings. The first-order valence-electron chi connectivity index (χ1n) is 5.53. The molecule has 0 aliphatic heterocycles. The van der Waals surface area contributed by atoms with Crippen molar-refractivity contribution in [2.24, 2.45) is 5.73 Å². The van der Waals surface area contributed by atoms with Crippen molar-refractivity contribution >= 4 is 5.91 Å². The molecule has 5 N–H and O–H groups in total. The van der Waals surface area contributed by atoms with Crippen LogP contribution in [-0.4, -0.2) is 22.7 Å². The van der Waals surface area contributed by atoms with Crippen molar-refractivity contribution in [2.75, 3.05) is 6.54 Å². The Kier molecular flexibility index (Phi) is 4.78. The van der Waals surface area contributed by atoms with Crippen LogP contribution >= 0.6 is 0 Å². The largest absolute Gasteiger partial charge is 0.508 e. The van der Waals surface area contributed by atoms with Gasteiger partial charge in [-0.05, 0) is 37.6 Å². The molecule has 1 atom stereocenters. The van der Waals surface area contributed by atoms with Crippen molar-refractivity contribution in [3.8, 4) is 11.5 Å². The Bertz CT molecular complexity index is 373. The highest BCUT2D eigenvalue weighted by Gasteiger charge is 2.07. The van der Waals surface area contributed by atoms with E-state index >= 15 is 0 Å². The number of benzene rings is 1. The van der Waals surface area contributed by atoms with Crippen LogP contribution in [0.15, 0.2) is 18.2 Å². The average molecular weight is 238 g/mol. The van der Waals surface area contributed by atoms with Gasteiger partial charge in [-0.1, -0.05) is 0 Å². The van der Waals surface area contributed by atoms with Crippen LogP contribution in [0, 0.1) is 0 Å². The summed E-state index contributed by atoms with van der Waals surface area (Å²) >= 11 is 0. The lowest BCUT2D eigenvalue weighted by atomic mass is 10.1. The molecule has 1 unspecified atom stereocenters. The van der Waals surface area contributed by atoms with E-state index in [1.165, 1.54) is 6.07 Å². The monoisotopic (exact) mass is 238 g/mol. The number of carbonyl (C=O) groups is 1.